The number of ether oxygens (including phenoxy) is 1. The monoisotopic (exact) mass is 386 g/mol. The fraction of sp³-hybridized carbons (Fsp3) is 0.333. The van der Waals surface area contributed by atoms with Gasteiger partial charge in [-0.15, -0.1) is 0 Å². The Morgan fingerprint density at radius 3 is 2.62 bits per heavy atom. The molecule has 0 spiro atoms. The minimum atomic E-state index is 0.391. The molecule has 2 aromatic rings. The van der Waals surface area contributed by atoms with Gasteiger partial charge < -0.3 is 4.74 Å². The van der Waals surface area contributed by atoms with Crippen LogP contribution < -0.4 is 0 Å². The molecule has 1 unspecified atom stereocenters. The van der Waals surface area contributed by atoms with Crippen LogP contribution in [-0.4, -0.2) is 23.2 Å². The van der Waals surface area contributed by atoms with Crippen LogP contribution in [0.1, 0.15) is 12.2 Å². The molecule has 2 heterocycles. The van der Waals surface area contributed by atoms with Gasteiger partial charge in [-0.3, -0.25) is 0 Å². The summed E-state index contributed by atoms with van der Waals surface area (Å²) in [6.45, 7) is 1.56. The molecular weight excluding hydrogens is 375 g/mol. The number of rotatable bonds is 3. The second kappa shape index (κ2) is 6.61. The fourth-order valence-corrected chi connectivity index (χ4v) is 3.46. The van der Waals surface area contributed by atoms with Gasteiger partial charge in [0.05, 0.1) is 5.56 Å². The Morgan fingerprint density at radius 1 is 1.24 bits per heavy atom. The summed E-state index contributed by atoms with van der Waals surface area (Å²) in [5, 5.41) is 0.782. The van der Waals surface area contributed by atoms with E-state index in [4.69, 9.17) is 27.9 Å². The van der Waals surface area contributed by atoms with Crippen LogP contribution in [0.3, 0.4) is 0 Å². The summed E-state index contributed by atoms with van der Waals surface area (Å²) >= 11 is 16.1. The summed E-state index contributed by atoms with van der Waals surface area (Å²) in [6, 6.07) is 7.75. The second-order valence-corrected chi connectivity index (χ2v) is 6.67. The minimum Gasteiger partial charge on any atom is -0.381 e. The van der Waals surface area contributed by atoms with Crippen molar-refractivity contribution in [3.05, 3.63) is 44.9 Å². The van der Waals surface area contributed by atoms with Gasteiger partial charge in [-0.1, -0.05) is 51.3 Å². The summed E-state index contributed by atoms with van der Waals surface area (Å²) in [5.74, 6) is 1.13. The van der Waals surface area contributed by atoms with E-state index in [1.54, 1.807) is 0 Å². The lowest BCUT2D eigenvalue weighted by Gasteiger charge is -2.11. The van der Waals surface area contributed by atoms with Crippen molar-refractivity contribution in [2.45, 2.75) is 12.8 Å². The normalized spacial score (nSPS) is 18.1. The average molecular weight is 388 g/mol. The Hall–Kier alpha value is -0.680. The first-order valence-corrected chi connectivity index (χ1v) is 8.24. The zero-order valence-corrected chi connectivity index (χ0v) is 14.2. The molecule has 1 aromatic heterocycles. The topological polar surface area (TPSA) is 35.0 Å². The predicted molar refractivity (Wildman–Crippen MR) is 87.8 cm³/mol. The molecular formula is C15H13BrCl2N2O. The van der Waals surface area contributed by atoms with Gasteiger partial charge in [0, 0.05) is 24.1 Å². The van der Waals surface area contributed by atoms with Crippen molar-refractivity contribution >= 4 is 39.1 Å². The number of hydrogen-bond donors (Lipinski definition) is 0. The number of benzene rings is 1. The SMILES string of the molecule is Clc1nc(CC2CCOC2)nc(Cl)c1-c1cccc(Br)c1. The van der Waals surface area contributed by atoms with Crippen molar-refractivity contribution < 1.29 is 4.74 Å². The van der Waals surface area contributed by atoms with E-state index in [0.717, 1.165) is 36.1 Å². The molecule has 6 heteroatoms. The molecule has 0 saturated carbocycles. The van der Waals surface area contributed by atoms with E-state index in [1.165, 1.54) is 0 Å². The number of halogens is 3. The molecule has 1 aromatic carbocycles. The lowest BCUT2D eigenvalue weighted by Crippen LogP contribution is -2.08. The van der Waals surface area contributed by atoms with E-state index in [-0.39, 0.29) is 0 Å². The van der Waals surface area contributed by atoms with Crippen molar-refractivity contribution in [1.29, 1.82) is 0 Å². The van der Waals surface area contributed by atoms with E-state index in [0.29, 0.717) is 27.6 Å². The highest BCUT2D eigenvalue weighted by molar-refractivity contribution is 9.10. The molecule has 1 atom stereocenters. The van der Waals surface area contributed by atoms with Crippen LogP contribution in [0, 0.1) is 5.92 Å². The lowest BCUT2D eigenvalue weighted by molar-refractivity contribution is 0.185. The maximum absolute atomic E-state index is 6.32. The van der Waals surface area contributed by atoms with Crippen LogP contribution in [0.2, 0.25) is 10.3 Å². The van der Waals surface area contributed by atoms with E-state index in [2.05, 4.69) is 25.9 Å². The smallest absolute Gasteiger partial charge is 0.142 e. The number of hydrogen-bond acceptors (Lipinski definition) is 3. The van der Waals surface area contributed by atoms with Gasteiger partial charge >= 0.3 is 0 Å². The molecule has 0 bridgehead atoms. The number of aromatic nitrogens is 2. The fourth-order valence-electron chi connectivity index (χ4n) is 2.42. The maximum atomic E-state index is 6.32. The molecule has 0 radical (unpaired) electrons. The van der Waals surface area contributed by atoms with Gasteiger partial charge in [0.2, 0.25) is 0 Å². The van der Waals surface area contributed by atoms with Crippen LogP contribution >= 0.6 is 39.1 Å². The standard InChI is InChI=1S/C15H13BrCl2N2O/c16-11-3-1-2-10(7-11)13-14(17)19-12(20-15(13)18)6-9-4-5-21-8-9/h1-3,7,9H,4-6,8H2. The highest BCUT2D eigenvalue weighted by atomic mass is 79.9. The van der Waals surface area contributed by atoms with Crippen molar-refractivity contribution in [2.24, 2.45) is 5.92 Å². The van der Waals surface area contributed by atoms with Gasteiger partial charge in [-0.2, -0.15) is 0 Å². The molecule has 0 aliphatic carbocycles. The van der Waals surface area contributed by atoms with E-state index >= 15 is 0 Å². The zero-order valence-electron chi connectivity index (χ0n) is 11.2. The minimum absolute atomic E-state index is 0.391. The molecule has 110 valence electrons. The Morgan fingerprint density at radius 2 is 2.00 bits per heavy atom. The summed E-state index contributed by atoms with van der Waals surface area (Å²) in [4.78, 5) is 8.81. The summed E-state index contributed by atoms with van der Waals surface area (Å²) < 4.78 is 6.33. The molecule has 3 nitrogen and oxygen atoms in total. The van der Waals surface area contributed by atoms with Gasteiger partial charge in [0.15, 0.2) is 0 Å². The molecule has 3 rings (SSSR count). The molecule has 1 fully saturated rings. The maximum Gasteiger partial charge on any atom is 0.142 e. The van der Waals surface area contributed by atoms with Crippen LogP contribution in [0.15, 0.2) is 28.7 Å². The Bertz CT molecular complexity index is 637. The highest BCUT2D eigenvalue weighted by Crippen LogP contribution is 2.34. The Balaban J connectivity index is 1.92. The third-order valence-electron chi connectivity index (χ3n) is 3.48. The molecule has 1 saturated heterocycles. The largest absolute Gasteiger partial charge is 0.381 e. The van der Waals surface area contributed by atoms with Crippen LogP contribution in [0.5, 0.6) is 0 Å². The van der Waals surface area contributed by atoms with E-state index in [1.807, 2.05) is 24.3 Å². The Kier molecular flexibility index (Phi) is 4.79. The third kappa shape index (κ3) is 3.57. The molecule has 0 N–H and O–H groups in total. The average Bonchev–Trinajstić information content (AvgIpc) is 2.91. The quantitative estimate of drug-likeness (QED) is 0.710. The Labute approximate surface area is 141 Å². The summed E-state index contributed by atoms with van der Waals surface area (Å²) in [6.07, 6.45) is 1.78. The summed E-state index contributed by atoms with van der Waals surface area (Å²) in [5.41, 5.74) is 1.57. The summed E-state index contributed by atoms with van der Waals surface area (Å²) in [7, 11) is 0. The zero-order chi connectivity index (χ0) is 14.8. The molecule has 1 aliphatic rings. The van der Waals surface area contributed by atoms with Crippen LogP contribution in [-0.2, 0) is 11.2 Å². The molecule has 0 amide bonds. The lowest BCUT2D eigenvalue weighted by atomic mass is 10.0. The van der Waals surface area contributed by atoms with E-state index in [9.17, 15) is 0 Å². The first kappa shape index (κ1) is 15.2. The third-order valence-corrected chi connectivity index (χ3v) is 4.52. The van der Waals surface area contributed by atoms with Crippen molar-refractivity contribution in [3.63, 3.8) is 0 Å². The van der Waals surface area contributed by atoms with Gasteiger partial charge in [0.1, 0.15) is 16.1 Å². The van der Waals surface area contributed by atoms with Crippen LogP contribution in [0.25, 0.3) is 11.1 Å². The first-order valence-electron chi connectivity index (χ1n) is 6.69. The van der Waals surface area contributed by atoms with Crippen molar-refractivity contribution in [2.75, 3.05) is 13.2 Å². The van der Waals surface area contributed by atoms with E-state index < -0.39 is 0 Å². The number of nitrogens with zero attached hydrogens (tertiary/aromatic N) is 2. The molecule has 21 heavy (non-hydrogen) atoms. The van der Waals surface area contributed by atoms with Gasteiger partial charge in [-0.05, 0) is 30.0 Å². The van der Waals surface area contributed by atoms with Crippen molar-refractivity contribution in [1.82, 2.24) is 9.97 Å². The predicted octanol–water partition coefficient (Wildman–Crippen LogP) is 4.79. The van der Waals surface area contributed by atoms with Crippen molar-refractivity contribution in [3.8, 4) is 11.1 Å². The second-order valence-electron chi connectivity index (χ2n) is 5.04. The first-order chi connectivity index (χ1) is 10.1. The highest BCUT2D eigenvalue weighted by Gasteiger charge is 2.20. The van der Waals surface area contributed by atoms with Gasteiger partial charge in [0.25, 0.3) is 0 Å². The van der Waals surface area contributed by atoms with Crippen LogP contribution in [0.4, 0.5) is 0 Å². The molecule has 1 aliphatic heterocycles. The van der Waals surface area contributed by atoms with Gasteiger partial charge in [-0.25, -0.2) is 9.97 Å².